The largest absolute Gasteiger partial charge is 0.0991 e. The van der Waals surface area contributed by atoms with Crippen LogP contribution in [0.3, 0.4) is 0 Å². The third kappa shape index (κ3) is 2.54. The van der Waals surface area contributed by atoms with Crippen LogP contribution < -0.4 is 0 Å². The maximum atomic E-state index is 3.98. The van der Waals surface area contributed by atoms with Crippen LogP contribution in [0, 0.1) is 0 Å². The number of hydrogen-bond donors (Lipinski definition) is 0. The van der Waals surface area contributed by atoms with Gasteiger partial charge in [-0.3, -0.25) is 0 Å². The molecule has 26 heavy (non-hydrogen) atoms. The molecule has 0 aromatic heterocycles. The van der Waals surface area contributed by atoms with Gasteiger partial charge in [-0.2, -0.15) is 0 Å². The number of fused-ring (bicyclic) bond motifs is 3. The quantitative estimate of drug-likeness (QED) is 0.507. The third-order valence-corrected chi connectivity index (χ3v) is 5.12. The van der Waals surface area contributed by atoms with E-state index in [9.17, 15) is 0 Å². The highest BCUT2D eigenvalue weighted by Crippen LogP contribution is 2.56. The lowest BCUT2D eigenvalue weighted by Gasteiger charge is -2.35. The van der Waals surface area contributed by atoms with Crippen LogP contribution in [0.25, 0.3) is 11.1 Å². The van der Waals surface area contributed by atoms with E-state index in [0.29, 0.717) is 0 Å². The molecule has 130 valence electrons. The molecule has 0 atom stereocenters. The van der Waals surface area contributed by atoms with Crippen LogP contribution >= 0.6 is 0 Å². The van der Waals surface area contributed by atoms with Crippen molar-refractivity contribution in [2.45, 2.75) is 26.2 Å². The Morgan fingerprint density at radius 2 is 1.27 bits per heavy atom. The smallest absolute Gasteiger partial charge is 0.0710 e. The van der Waals surface area contributed by atoms with Gasteiger partial charge in [0.1, 0.15) is 0 Å². The predicted molar refractivity (Wildman–Crippen MR) is 114 cm³/mol. The fourth-order valence-electron chi connectivity index (χ4n) is 4.25. The molecule has 0 amide bonds. The van der Waals surface area contributed by atoms with Gasteiger partial charge in [-0.25, -0.2) is 0 Å². The van der Waals surface area contributed by atoms with E-state index in [1.165, 1.54) is 33.4 Å². The van der Waals surface area contributed by atoms with Gasteiger partial charge in [-0.1, -0.05) is 97.6 Å². The summed E-state index contributed by atoms with van der Waals surface area (Å²) in [6, 6.07) is 17.5. The summed E-state index contributed by atoms with van der Waals surface area (Å²) < 4.78 is 0. The lowest BCUT2D eigenvalue weighted by atomic mass is 9.66. The molecule has 3 rings (SSSR count). The van der Waals surface area contributed by atoms with Crippen molar-refractivity contribution in [3.63, 3.8) is 0 Å². The lowest BCUT2D eigenvalue weighted by Crippen LogP contribution is -2.29. The molecule has 0 saturated heterocycles. The van der Waals surface area contributed by atoms with Gasteiger partial charge in [0.05, 0.1) is 5.41 Å². The molecule has 2 aromatic rings. The summed E-state index contributed by atoms with van der Waals surface area (Å²) in [7, 11) is 0. The number of allylic oxidation sites excluding steroid dienone is 9. The van der Waals surface area contributed by atoms with E-state index in [1.807, 2.05) is 6.08 Å². The van der Waals surface area contributed by atoms with Crippen LogP contribution in [-0.4, -0.2) is 0 Å². The Balaban J connectivity index is 2.53. The molecule has 0 saturated carbocycles. The molecule has 0 nitrogen and oxygen atoms in total. The molecule has 0 radical (unpaired) electrons. The molecule has 0 heterocycles. The van der Waals surface area contributed by atoms with E-state index in [0.717, 1.165) is 0 Å². The van der Waals surface area contributed by atoms with Gasteiger partial charge in [0.25, 0.3) is 0 Å². The first-order valence-electron chi connectivity index (χ1n) is 9.20. The van der Waals surface area contributed by atoms with Gasteiger partial charge in [0, 0.05) is 0 Å². The summed E-state index contributed by atoms with van der Waals surface area (Å²) in [6.07, 6.45) is 15.0. The summed E-state index contributed by atoms with van der Waals surface area (Å²) in [4.78, 5) is 0. The Kier molecular flexibility index (Phi) is 5.23. The van der Waals surface area contributed by atoms with E-state index in [1.54, 1.807) is 0 Å². The Bertz CT molecular complexity index is 887. The molecule has 0 N–H and O–H groups in total. The standard InChI is InChI=1S/C26H26/c1-5-13-20(8-4)26(21(14-6-2)15-7-3)24-18-11-9-16-22(24)23-17-10-12-19-25(23)26/h5-19H,2H2,1,3-4H3/b13-5-,15-7-,20-8+,21-14+. The monoisotopic (exact) mass is 338 g/mol. The second-order valence-corrected chi connectivity index (χ2v) is 6.44. The first-order chi connectivity index (χ1) is 12.7. The van der Waals surface area contributed by atoms with E-state index in [2.05, 4.69) is 112 Å². The summed E-state index contributed by atoms with van der Waals surface area (Å²) in [5, 5.41) is 0. The number of rotatable bonds is 5. The molecule has 0 aliphatic heterocycles. The molecule has 0 fully saturated rings. The Morgan fingerprint density at radius 1 is 0.769 bits per heavy atom. The summed E-state index contributed by atoms with van der Waals surface area (Å²) in [5.41, 5.74) is 7.48. The van der Waals surface area contributed by atoms with Crippen molar-refractivity contribution < 1.29 is 0 Å². The Morgan fingerprint density at radius 3 is 1.73 bits per heavy atom. The van der Waals surface area contributed by atoms with Crippen LogP contribution in [0.2, 0.25) is 0 Å². The molecule has 2 aromatic carbocycles. The van der Waals surface area contributed by atoms with Gasteiger partial charge in [0.2, 0.25) is 0 Å². The normalized spacial score (nSPS) is 16.1. The zero-order valence-electron chi connectivity index (χ0n) is 15.9. The highest BCUT2D eigenvalue weighted by Gasteiger charge is 2.46. The van der Waals surface area contributed by atoms with Crippen LogP contribution in [0.15, 0.2) is 109 Å². The number of benzene rings is 2. The van der Waals surface area contributed by atoms with Gasteiger partial charge in [-0.15, -0.1) is 0 Å². The van der Waals surface area contributed by atoms with Crippen LogP contribution in [0.4, 0.5) is 0 Å². The Hall–Kier alpha value is -2.86. The SMILES string of the molecule is C=C/C=C(\C=C/C)C1(C(/C=C\C)=C/C)c2ccccc2-c2ccccc21. The van der Waals surface area contributed by atoms with Crippen molar-refractivity contribution in [1.29, 1.82) is 0 Å². The predicted octanol–water partition coefficient (Wildman–Crippen LogP) is 7.16. The van der Waals surface area contributed by atoms with Crippen molar-refractivity contribution in [2.75, 3.05) is 0 Å². The van der Waals surface area contributed by atoms with Crippen molar-refractivity contribution in [1.82, 2.24) is 0 Å². The second kappa shape index (κ2) is 7.58. The highest BCUT2D eigenvalue weighted by molar-refractivity contribution is 5.87. The van der Waals surface area contributed by atoms with Crippen molar-refractivity contribution in [2.24, 2.45) is 0 Å². The fraction of sp³-hybridized carbons (Fsp3) is 0.154. The second-order valence-electron chi connectivity index (χ2n) is 6.44. The van der Waals surface area contributed by atoms with Gasteiger partial charge < -0.3 is 0 Å². The maximum Gasteiger partial charge on any atom is 0.0710 e. The van der Waals surface area contributed by atoms with Crippen LogP contribution in [-0.2, 0) is 5.41 Å². The minimum atomic E-state index is -0.324. The molecular formula is C26H26. The Labute approximate surface area is 157 Å². The number of hydrogen-bond acceptors (Lipinski definition) is 0. The topological polar surface area (TPSA) is 0 Å². The zero-order valence-corrected chi connectivity index (χ0v) is 15.9. The van der Waals surface area contributed by atoms with Crippen LogP contribution in [0.5, 0.6) is 0 Å². The molecule has 1 aliphatic rings. The first kappa shape index (κ1) is 17.9. The molecule has 0 spiro atoms. The molecule has 1 aliphatic carbocycles. The van der Waals surface area contributed by atoms with Gasteiger partial charge >= 0.3 is 0 Å². The first-order valence-corrected chi connectivity index (χ1v) is 9.20. The minimum Gasteiger partial charge on any atom is -0.0991 e. The summed E-state index contributed by atoms with van der Waals surface area (Å²) in [5.74, 6) is 0. The summed E-state index contributed by atoms with van der Waals surface area (Å²) >= 11 is 0. The minimum absolute atomic E-state index is 0.324. The average Bonchev–Trinajstić information content (AvgIpc) is 2.97. The zero-order chi connectivity index (χ0) is 18.6. The van der Waals surface area contributed by atoms with Crippen LogP contribution in [0.1, 0.15) is 31.9 Å². The fourth-order valence-corrected chi connectivity index (χ4v) is 4.25. The van der Waals surface area contributed by atoms with Crippen molar-refractivity contribution in [3.05, 3.63) is 120 Å². The maximum absolute atomic E-state index is 3.98. The van der Waals surface area contributed by atoms with E-state index in [4.69, 9.17) is 0 Å². The van der Waals surface area contributed by atoms with E-state index in [-0.39, 0.29) is 5.41 Å². The third-order valence-electron chi connectivity index (χ3n) is 5.12. The van der Waals surface area contributed by atoms with E-state index < -0.39 is 0 Å². The molecule has 0 bridgehead atoms. The summed E-state index contributed by atoms with van der Waals surface area (Å²) in [6.45, 7) is 10.3. The lowest BCUT2D eigenvalue weighted by molar-refractivity contribution is 0.763. The van der Waals surface area contributed by atoms with Gasteiger partial charge in [-0.05, 0) is 54.2 Å². The molecule has 0 heteroatoms. The average molecular weight is 338 g/mol. The van der Waals surface area contributed by atoms with Gasteiger partial charge in [0.15, 0.2) is 0 Å². The highest BCUT2D eigenvalue weighted by atomic mass is 14.5. The molecular weight excluding hydrogens is 312 g/mol. The van der Waals surface area contributed by atoms with E-state index >= 15 is 0 Å². The molecule has 0 unspecified atom stereocenters. The van der Waals surface area contributed by atoms with Crippen molar-refractivity contribution >= 4 is 0 Å². The van der Waals surface area contributed by atoms with Crippen molar-refractivity contribution in [3.8, 4) is 11.1 Å².